The number of thioether (sulfide) groups is 1. The number of nitrogens with one attached hydrogen (secondary N) is 2. The lowest BCUT2D eigenvalue weighted by molar-refractivity contribution is -0.117. The van der Waals surface area contributed by atoms with Crippen molar-refractivity contribution >= 4 is 50.9 Å². The lowest BCUT2D eigenvalue weighted by Crippen LogP contribution is -2.37. The van der Waals surface area contributed by atoms with Gasteiger partial charge in [0.2, 0.25) is 5.91 Å². The molecule has 3 aromatic rings. The molecule has 1 amide bonds. The SMILES string of the molecule is N=C(N)SCCCOc1oc(=O)c2cc(NC(=O)[C@H](N)Cc3ccccc3)ccc2c1Cl. The van der Waals surface area contributed by atoms with Gasteiger partial charge in [-0.1, -0.05) is 59.8 Å². The summed E-state index contributed by atoms with van der Waals surface area (Å²) < 4.78 is 10.7. The highest BCUT2D eigenvalue weighted by Crippen LogP contribution is 2.32. The minimum atomic E-state index is -0.745. The summed E-state index contributed by atoms with van der Waals surface area (Å²) in [6.07, 6.45) is 0.983. The number of fused-ring (bicyclic) bond motifs is 1. The van der Waals surface area contributed by atoms with E-state index in [0.29, 0.717) is 29.7 Å². The normalized spacial score (nSPS) is 11.8. The highest BCUT2D eigenvalue weighted by Gasteiger charge is 2.17. The molecule has 8 nitrogen and oxygen atoms in total. The van der Waals surface area contributed by atoms with Crippen molar-refractivity contribution in [1.82, 2.24) is 0 Å². The van der Waals surface area contributed by atoms with Crippen LogP contribution in [0.2, 0.25) is 5.02 Å². The maximum absolute atomic E-state index is 12.5. The van der Waals surface area contributed by atoms with Gasteiger partial charge in [-0.25, -0.2) is 4.79 Å². The summed E-state index contributed by atoms with van der Waals surface area (Å²) in [4.78, 5) is 24.9. The number of amidine groups is 1. The average molecular weight is 475 g/mol. The van der Waals surface area contributed by atoms with Crippen LogP contribution < -0.4 is 27.1 Å². The first-order valence-corrected chi connectivity index (χ1v) is 11.2. The van der Waals surface area contributed by atoms with E-state index in [4.69, 9.17) is 37.6 Å². The van der Waals surface area contributed by atoms with Crippen molar-refractivity contribution in [3.63, 3.8) is 0 Å². The number of carbonyl (C=O) groups excluding carboxylic acids is 1. The number of rotatable bonds is 9. The maximum atomic E-state index is 12.5. The van der Waals surface area contributed by atoms with Gasteiger partial charge in [-0.3, -0.25) is 10.2 Å². The summed E-state index contributed by atoms with van der Waals surface area (Å²) in [7, 11) is 0. The molecule has 0 bridgehead atoms. The van der Waals surface area contributed by atoms with Crippen LogP contribution in [-0.2, 0) is 11.2 Å². The standard InChI is InChI=1S/C22H23ClN4O4S/c23-18-15-8-7-14(27-19(28)17(24)11-13-5-2-1-3-6-13)12-16(15)20(29)31-21(18)30-9-4-10-32-22(25)26/h1-3,5-8,12,17H,4,9-11,24H2,(H3,25,26)(H,27,28)/t17-/m1/s1. The molecule has 0 fully saturated rings. The van der Waals surface area contributed by atoms with E-state index in [0.717, 1.165) is 5.56 Å². The Morgan fingerprint density at radius 1 is 1.22 bits per heavy atom. The van der Waals surface area contributed by atoms with Crippen LogP contribution in [0.1, 0.15) is 12.0 Å². The summed E-state index contributed by atoms with van der Waals surface area (Å²) in [5, 5.41) is 10.7. The number of benzene rings is 2. The molecule has 1 atom stereocenters. The Morgan fingerprint density at radius 3 is 2.69 bits per heavy atom. The molecule has 0 saturated carbocycles. The second-order valence-electron chi connectivity index (χ2n) is 6.95. The Hall–Kier alpha value is -3.01. The zero-order chi connectivity index (χ0) is 23.1. The largest absolute Gasteiger partial charge is 0.464 e. The Bertz CT molecular complexity index is 1170. The number of carbonyl (C=O) groups is 1. The number of nitrogens with two attached hydrogens (primary N) is 2. The lowest BCUT2D eigenvalue weighted by atomic mass is 10.1. The maximum Gasteiger partial charge on any atom is 0.346 e. The fraction of sp³-hybridized carbons (Fsp3) is 0.227. The van der Waals surface area contributed by atoms with Crippen LogP contribution in [0.5, 0.6) is 5.95 Å². The molecule has 0 aliphatic carbocycles. The zero-order valence-corrected chi connectivity index (χ0v) is 18.7. The molecule has 168 valence electrons. The van der Waals surface area contributed by atoms with Gasteiger partial charge < -0.3 is 25.9 Å². The van der Waals surface area contributed by atoms with Gasteiger partial charge in [0.1, 0.15) is 5.02 Å². The highest BCUT2D eigenvalue weighted by molar-refractivity contribution is 8.13. The van der Waals surface area contributed by atoms with E-state index in [-0.39, 0.29) is 34.0 Å². The first-order chi connectivity index (χ1) is 15.3. The van der Waals surface area contributed by atoms with Crippen molar-refractivity contribution in [3.8, 4) is 5.95 Å². The van der Waals surface area contributed by atoms with E-state index >= 15 is 0 Å². The number of anilines is 1. The van der Waals surface area contributed by atoms with Gasteiger partial charge in [0.25, 0.3) is 0 Å². The first kappa shape index (κ1) is 23.6. The monoisotopic (exact) mass is 474 g/mol. The number of halogens is 1. The molecule has 2 aromatic carbocycles. The van der Waals surface area contributed by atoms with E-state index < -0.39 is 11.7 Å². The minimum absolute atomic E-state index is 0.0317. The Labute approximate surface area is 193 Å². The lowest BCUT2D eigenvalue weighted by Gasteiger charge is -2.13. The molecule has 0 aliphatic rings. The molecule has 32 heavy (non-hydrogen) atoms. The summed E-state index contributed by atoms with van der Waals surface area (Å²) in [5.41, 5.74) is 12.0. The molecular weight excluding hydrogens is 452 g/mol. The van der Waals surface area contributed by atoms with Crippen LogP contribution in [0.15, 0.2) is 57.7 Å². The summed E-state index contributed by atoms with van der Waals surface area (Å²) >= 11 is 7.55. The first-order valence-electron chi connectivity index (χ1n) is 9.81. The molecule has 0 radical (unpaired) electrons. The third-order valence-corrected chi connectivity index (χ3v) is 5.68. The van der Waals surface area contributed by atoms with E-state index in [1.54, 1.807) is 12.1 Å². The van der Waals surface area contributed by atoms with E-state index in [1.165, 1.54) is 17.8 Å². The summed E-state index contributed by atoms with van der Waals surface area (Å²) in [5.74, 6) is 0.158. The van der Waals surface area contributed by atoms with Crippen LogP contribution in [0.4, 0.5) is 5.69 Å². The van der Waals surface area contributed by atoms with Crippen molar-refractivity contribution in [3.05, 3.63) is 69.5 Å². The van der Waals surface area contributed by atoms with Crippen molar-refractivity contribution in [2.24, 2.45) is 11.5 Å². The van der Waals surface area contributed by atoms with Gasteiger partial charge >= 0.3 is 11.6 Å². The molecule has 0 aliphatic heterocycles. The number of hydrogen-bond acceptors (Lipinski definition) is 7. The minimum Gasteiger partial charge on any atom is -0.464 e. The number of hydrogen-bond donors (Lipinski definition) is 4. The molecule has 10 heteroatoms. The predicted octanol–water partition coefficient (Wildman–Crippen LogP) is 3.35. The fourth-order valence-electron chi connectivity index (χ4n) is 2.97. The molecule has 0 unspecified atom stereocenters. The quantitative estimate of drug-likeness (QED) is 0.211. The summed E-state index contributed by atoms with van der Waals surface area (Å²) in [6.45, 7) is 0.252. The topological polar surface area (TPSA) is 144 Å². The van der Waals surface area contributed by atoms with E-state index in [1.807, 2.05) is 30.3 Å². The number of ether oxygens (including phenoxy) is 1. The van der Waals surface area contributed by atoms with Crippen molar-refractivity contribution in [2.75, 3.05) is 17.7 Å². The Balaban J connectivity index is 1.68. The van der Waals surface area contributed by atoms with Crippen molar-refractivity contribution < 1.29 is 13.9 Å². The molecule has 6 N–H and O–H groups in total. The van der Waals surface area contributed by atoms with Crippen molar-refractivity contribution in [2.45, 2.75) is 18.9 Å². The zero-order valence-electron chi connectivity index (χ0n) is 17.1. The third kappa shape index (κ3) is 6.25. The predicted molar refractivity (Wildman–Crippen MR) is 129 cm³/mol. The molecule has 3 rings (SSSR count). The van der Waals surface area contributed by atoms with Crippen LogP contribution >= 0.6 is 23.4 Å². The summed E-state index contributed by atoms with van der Waals surface area (Å²) in [6, 6.07) is 13.5. The van der Waals surface area contributed by atoms with Gasteiger partial charge in [-0.2, -0.15) is 0 Å². The van der Waals surface area contributed by atoms with Gasteiger partial charge in [0.15, 0.2) is 5.17 Å². The molecular formula is C22H23ClN4O4S. The Morgan fingerprint density at radius 2 is 1.97 bits per heavy atom. The second-order valence-corrected chi connectivity index (χ2v) is 8.47. The molecule has 1 heterocycles. The van der Waals surface area contributed by atoms with E-state index in [9.17, 15) is 9.59 Å². The van der Waals surface area contributed by atoms with Crippen LogP contribution in [0, 0.1) is 5.41 Å². The van der Waals surface area contributed by atoms with Gasteiger partial charge in [-0.15, -0.1) is 0 Å². The second kappa shape index (κ2) is 11.0. The molecule has 0 saturated heterocycles. The molecule has 1 aromatic heterocycles. The highest BCUT2D eigenvalue weighted by atomic mass is 35.5. The molecule has 0 spiro atoms. The van der Waals surface area contributed by atoms with Crippen LogP contribution in [-0.4, -0.2) is 29.5 Å². The van der Waals surface area contributed by atoms with Gasteiger partial charge in [0.05, 0.1) is 18.0 Å². The third-order valence-electron chi connectivity index (χ3n) is 4.52. The fourth-order valence-corrected chi connectivity index (χ4v) is 3.71. The van der Waals surface area contributed by atoms with E-state index in [2.05, 4.69) is 5.32 Å². The van der Waals surface area contributed by atoms with Crippen molar-refractivity contribution in [1.29, 1.82) is 5.41 Å². The van der Waals surface area contributed by atoms with Gasteiger partial charge in [-0.05, 0) is 30.5 Å². The average Bonchev–Trinajstić information content (AvgIpc) is 2.77. The Kier molecular flexibility index (Phi) is 8.15. The van der Waals surface area contributed by atoms with Crippen LogP contribution in [0.25, 0.3) is 10.8 Å². The van der Waals surface area contributed by atoms with Gasteiger partial charge in [0, 0.05) is 16.8 Å². The number of amides is 1. The van der Waals surface area contributed by atoms with Crippen LogP contribution in [0.3, 0.4) is 0 Å². The smallest absolute Gasteiger partial charge is 0.346 e.